The van der Waals surface area contributed by atoms with Crippen molar-refractivity contribution < 1.29 is 19.1 Å². The zero-order valence-corrected chi connectivity index (χ0v) is 15.4. The minimum Gasteiger partial charge on any atom is -0.493 e. The quantitative estimate of drug-likeness (QED) is 0.706. The molecule has 1 aliphatic rings. The summed E-state index contributed by atoms with van der Waals surface area (Å²) in [6.45, 7) is 2.92. The number of ether oxygens (including phenoxy) is 1. The SMILES string of the molecule is Cc1oc(C2C=CC=CC2)nc1CCOc1ccc(CNCC(=O)O)cc1. The molecule has 1 aliphatic carbocycles. The summed E-state index contributed by atoms with van der Waals surface area (Å²) < 4.78 is 11.6. The van der Waals surface area contributed by atoms with Gasteiger partial charge in [0.25, 0.3) is 0 Å². The number of hydrogen-bond donors (Lipinski definition) is 2. The molecular formula is C21H24N2O4. The molecule has 142 valence electrons. The van der Waals surface area contributed by atoms with Gasteiger partial charge in [0.1, 0.15) is 11.5 Å². The third kappa shape index (κ3) is 5.56. The first-order valence-corrected chi connectivity index (χ1v) is 9.05. The lowest BCUT2D eigenvalue weighted by Gasteiger charge is -2.08. The van der Waals surface area contributed by atoms with Gasteiger partial charge < -0.3 is 19.6 Å². The summed E-state index contributed by atoms with van der Waals surface area (Å²) in [6, 6.07) is 7.62. The number of aromatic nitrogens is 1. The number of aliphatic carboxylic acids is 1. The molecule has 6 heteroatoms. The first-order chi connectivity index (χ1) is 13.1. The summed E-state index contributed by atoms with van der Waals surface area (Å²) in [5, 5.41) is 11.5. The number of oxazole rings is 1. The van der Waals surface area contributed by atoms with E-state index in [0.717, 1.165) is 35.1 Å². The predicted molar refractivity (Wildman–Crippen MR) is 102 cm³/mol. The molecule has 0 amide bonds. The van der Waals surface area contributed by atoms with Crippen molar-refractivity contribution in [2.24, 2.45) is 0 Å². The van der Waals surface area contributed by atoms with E-state index in [2.05, 4.69) is 22.5 Å². The molecule has 0 bridgehead atoms. The van der Waals surface area contributed by atoms with Crippen molar-refractivity contribution >= 4 is 5.97 Å². The molecule has 1 aromatic carbocycles. The van der Waals surface area contributed by atoms with Gasteiger partial charge in [-0.15, -0.1) is 0 Å². The maximum absolute atomic E-state index is 10.5. The highest BCUT2D eigenvalue weighted by molar-refractivity contribution is 5.68. The van der Waals surface area contributed by atoms with Gasteiger partial charge in [-0.05, 0) is 31.0 Å². The Labute approximate surface area is 158 Å². The maximum atomic E-state index is 10.5. The topological polar surface area (TPSA) is 84.6 Å². The summed E-state index contributed by atoms with van der Waals surface area (Å²) in [4.78, 5) is 15.1. The predicted octanol–water partition coefficient (Wildman–Crippen LogP) is 3.38. The van der Waals surface area contributed by atoms with E-state index in [9.17, 15) is 4.79 Å². The second kappa shape index (κ2) is 9.19. The molecule has 1 unspecified atom stereocenters. The van der Waals surface area contributed by atoms with E-state index < -0.39 is 5.97 Å². The molecule has 0 aliphatic heterocycles. The molecule has 27 heavy (non-hydrogen) atoms. The van der Waals surface area contributed by atoms with Crippen LogP contribution in [0.2, 0.25) is 0 Å². The number of aryl methyl sites for hydroxylation is 1. The van der Waals surface area contributed by atoms with Crippen LogP contribution in [-0.2, 0) is 17.8 Å². The lowest BCUT2D eigenvalue weighted by molar-refractivity contribution is -0.135. The Hall–Kier alpha value is -2.86. The lowest BCUT2D eigenvalue weighted by atomic mass is 10.0. The Balaban J connectivity index is 1.47. The average Bonchev–Trinajstić information content (AvgIpc) is 3.04. The number of carboxylic acids is 1. The standard InChI is InChI=1S/C21H24N2O4/c1-15-19(23-21(27-15)17-5-3-2-4-6-17)11-12-26-18-9-7-16(8-10-18)13-22-14-20(24)25/h2-5,7-10,17,22H,6,11-14H2,1H3,(H,24,25). The zero-order chi connectivity index (χ0) is 19.1. The highest BCUT2D eigenvalue weighted by Crippen LogP contribution is 2.26. The molecule has 2 aromatic rings. The Morgan fingerprint density at radius 3 is 2.85 bits per heavy atom. The van der Waals surface area contributed by atoms with E-state index in [1.165, 1.54) is 0 Å². The van der Waals surface area contributed by atoms with Gasteiger partial charge in [-0.1, -0.05) is 36.4 Å². The average molecular weight is 368 g/mol. The van der Waals surface area contributed by atoms with Crippen LogP contribution in [0.25, 0.3) is 0 Å². The molecule has 2 N–H and O–H groups in total. The molecule has 0 radical (unpaired) electrons. The van der Waals surface area contributed by atoms with E-state index in [4.69, 9.17) is 14.3 Å². The van der Waals surface area contributed by atoms with Crippen LogP contribution in [0.1, 0.15) is 35.2 Å². The molecular weight excluding hydrogens is 344 g/mol. The molecule has 3 rings (SSSR count). The van der Waals surface area contributed by atoms with Crippen LogP contribution >= 0.6 is 0 Å². The van der Waals surface area contributed by atoms with Gasteiger partial charge in [-0.25, -0.2) is 4.98 Å². The van der Waals surface area contributed by atoms with E-state index in [0.29, 0.717) is 19.6 Å². The van der Waals surface area contributed by atoms with E-state index in [1.807, 2.05) is 43.3 Å². The number of carboxylic acid groups (broad SMARTS) is 1. The van der Waals surface area contributed by atoms with Crippen molar-refractivity contribution in [3.05, 3.63) is 71.5 Å². The third-order valence-electron chi connectivity index (χ3n) is 4.34. The van der Waals surface area contributed by atoms with Gasteiger partial charge >= 0.3 is 5.97 Å². The van der Waals surface area contributed by atoms with Crippen molar-refractivity contribution in [1.82, 2.24) is 10.3 Å². The minimum absolute atomic E-state index is 0.0514. The maximum Gasteiger partial charge on any atom is 0.317 e. The van der Waals surface area contributed by atoms with Crippen LogP contribution in [0.4, 0.5) is 0 Å². The second-order valence-corrected chi connectivity index (χ2v) is 6.45. The van der Waals surface area contributed by atoms with Gasteiger partial charge in [0.05, 0.1) is 24.8 Å². The summed E-state index contributed by atoms with van der Waals surface area (Å²) in [6.07, 6.45) is 9.89. The van der Waals surface area contributed by atoms with Crippen LogP contribution in [0.3, 0.4) is 0 Å². The Morgan fingerprint density at radius 2 is 2.15 bits per heavy atom. The second-order valence-electron chi connectivity index (χ2n) is 6.45. The van der Waals surface area contributed by atoms with Crippen molar-refractivity contribution in [2.75, 3.05) is 13.2 Å². The van der Waals surface area contributed by atoms with Crippen LogP contribution in [0.15, 0.2) is 53.0 Å². The molecule has 0 saturated carbocycles. The number of allylic oxidation sites excluding steroid dienone is 4. The third-order valence-corrected chi connectivity index (χ3v) is 4.34. The monoisotopic (exact) mass is 368 g/mol. The fourth-order valence-corrected chi connectivity index (χ4v) is 2.89. The van der Waals surface area contributed by atoms with Crippen LogP contribution in [-0.4, -0.2) is 29.2 Å². The van der Waals surface area contributed by atoms with E-state index >= 15 is 0 Å². The fraction of sp³-hybridized carbons (Fsp3) is 0.333. The number of benzene rings is 1. The molecule has 0 spiro atoms. The highest BCUT2D eigenvalue weighted by Gasteiger charge is 2.17. The van der Waals surface area contributed by atoms with Gasteiger partial charge in [0.2, 0.25) is 5.89 Å². The Morgan fingerprint density at radius 1 is 1.33 bits per heavy atom. The molecule has 6 nitrogen and oxygen atoms in total. The molecule has 1 aromatic heterocycles. The number of hydrogen-bond acceptors (Lipinski definition) is 5. The molecule has 0 saturated heterocycles. The largest absolute Gasteiger partial charge is 0.493 e. The number of carbonyl (C=O) groups is 1. The van der Waals surface area contributed by atoms with Crippen LogP contribution < -0.4 is 10.1 Å². The Kier molecular flexibility index (Phi) is 6.44. The highest BCUT2D eigenvalue weighted by atomic mass is 16.5. The fourth-order valence-electron chi connectivity index (χ4n) is 2.89. The minimum atomic E-state index is -0.864. The van der Waals surface area contributed by atoms with Crippen molar-refractivity contribution in [1.29, 1.82) is 0 Å². The first-order valence-electron chi connectivity index (χ1n) is 9.05. The summed E-state index contributed by atoms with van der Waals surface area (Å²) in [5.74, 6) is 1.74. The van der Waals surface area contributed by atoms with E-state index in [-0.39, 0.29) is 12.5 Å². The van der Waals surface area contributed by atoms with Crippen molar-refractivity contribution in [2.45, 2.75) is 32.2 Å². The smallest absolute Gasteiger partial charge is 0.317 e. The number of nitrogens with one attached hydrogen (secondary N) is 1. The molecule has 0 fully saturated rings. The Bertz CT molecular complexity index is 821. The zero-order valence-electron chi connectivity index (χ0n) is 15.4. The van der Waals surface area contributed by atoms with Crippen molar-refractivity contribution in [3.8, 4) is 5.75 Å². The first kappa shape index (κ1) is 18.9. The van der Waals surface area contributed by atoms with Gasteiger partial charge in [-0.2, -0.15) is 0 Å². The van der Waals surface area contributed by atoms with Crippen LogP contribution in [0.5, 0.6) is 5.75 Å². The normalized spacial score (nSPS) is 15.8. The lowest BCUT2D eigenvalue weighted by Crippen LogP contribution is -2.21. The van der Waals surface area contributed by atoms with Gasteiger partial charge in [-0.3, -0.25) is 4.79 Å². The van der Waals surface area contributed by atoms with E-state index in [1.54, 1.807) is 0 Å². The van der Waals surface area contributed by atoms with Crippen molar-refractivity contribution in [3.63, 3.8) is 0 Å². The molecule has 1 heterocycles. The number of nitrogens with zero attached hydrogens (tertiary/aromatic N) is 1. The van der Waals surface area contributed by atoms with Gasteiger partial charge in [0, 0.05) is 13.0 Å². The summed E-state index contributed by atoms with van der Waals surface area (Å²) in [5.41, 5.74) is 1.94. The van der Waals surface area contributed by atoms with Crippen LogP contribution in [0, 0.1) is 6.92 Å². The number of rotatable bonds is 9. The van der Waals surface area contributed by atoms with Gasteiger partial charge in [0.15, 0.2) is 0 Å². The molecule has 1 atom stereocenters. The summed E-state index contributed by atoms with van der Waals surface area (Å²) in [7, 11) is 0. The summed E-state index contributed by atoms with van der Waals surface area (Å²) >= 11 is 0.